The number of nitrogens with zero attached hydrogens (tertiary/aromatic N) is 2. The average molecular weight is 472 g/mol. The van der Waals surface area contributed by atoms with Crippen LogP contribution in [0, 0.1) is 23.7 Å². The lowest BCUT2D eigenvalue weighted by atomic mass is 9.77. The molecule has 0 radical (unpaired) electrons. The topological polar surface area (TPSA) is 71.0 Å². The monoisotopic (exact) mass is 471 g/mol. The number of aliphatic imine (C=N–C) groups is 1. The third-order valence-electron chi connectivity index (χ3n) is 6.25. The molecular weight excluding hydrogens is 446 g/mol. The van der Waals surface area contributed by atoms with E-state index in [9.17, 15) is 9.59 Å². The number of hydrogen-bond acceptors (Lipinski definition) is 4. The van der Waals surface area contributed by atoms with Crippen LogP contribution >= 0.6 is 15.9 Å². The van der Waals surface area contributed by atoms with Crippen LogP contribution < -0.4 is 5.43 Å². The van der Waals surface area contributed by atoms with Crippen molar-refractivity contribution in [1.82, 2.24) is 10.4 Å². The Bertz CT molecular complexity index is 936. The zero-order chi connectivity index (χ0) is 21.4. The second kappa shape index (κ2) is 8.38. The van der Waals surface area contributed by atoms with Gasteiger partial charge in [0.15, 0.2) is 0 Å². The Hall–Kier alpha value is -2.41. The van der Waals surface area contributed by atoms with Crippen molar-refractivity contribution in [2.24, 2.45) is 28.7 Å². The number of benzene rings is 1. The fourth-order valence-electron chi connectivity index (χ4n) is 4.85. The van der Waals surface area contributed by atoms with Gasteiger partial charge >= 0.3 is 6.09 Å². The Balaban J connectivity index is 1.54. The molecule has 158 valence electrons. The number of methoxy groups -OCH3 is 1. The van der Waals surface area contributed by atoms with Crippen LogP contribution in [0.2, 0.25) is 0 Å². The molecule has 2 bridgehead atoms. The molecule has 3 aliphatic rings. The van der Waals surface area contributed by atoms with Gasteiger partial charge in [0.25, 0.3) is 0 Å². The Morgan fingerprint density at radius 3 is 2.57 bits per heavy atom. The van der Waals surface area contributed by atoms with E-state index in [0.29, 0.717) is 5.92 Å². The molecule has 0 aromatic heterocycles. The molecule has 3 unspecified atom stereocenters. The number of ether oxygens (including phenoxy) is 1. The van der Waals surface area contributed by atoms with Gasteiger partial charge in [-0.2, -0.15) is 0 Å². The molecular formula is C23H26BrN3O3. The van der Waals surface area contributed by atoms with Gasteiger partial charge in [-0.15, -0.1) is 0 Å². The molecule has 2 aliphatic carbocycles. The molecule has 2 amide bonds. The van der Waals surface area contributed by atoms with Crippen LogP contribution in [-0.2, 0) is 9.53 Å². The molecule has 1 saturated carbocycles. The molecule has 6 nitrogen and oxygen atoms in total. The van der Waals surface area contributed by atoms with Crippen molar-refractivity contribution in [2.45, 2.75) is 32.7 Å². The van der Waals surface area contributed by atoms with Crippen molar-refractivity contribution >= 4 is 39.2 Å². The summed E-state index contributed by atoms with van der Waals surface area (Å²) in [6, 6.07) is 8.04. The number of allylic oxidation sites excluding steroid dienone is 3. The number of carbonyl (C=O) groups excluding carboxylic acids is 2. The van der Waals surface area contributed by atoms with Crippen molar-refractivity contribution < 1.29 is 14.3 Å². The molecule has 1 fully saturated rings. The number of hydrazine groups is 1. The Morgan fingerprint density at radius 1 is 1.20 bits per heavy atom. The van der Waals surface area contributed by atoms with Crippen LogP contribution in [-0.4, -0.2) is 35.9 Å². The van der Waals surface area contributed by atoms with Crippen LogP contribution in [0.4, 0.5) is 4.79 Å². The highest BCUT2D eigenvalue weighted by Gasteiger charge is 2.52. The summed E-state index contributed by atoms with van der Waals surface area (Å²) in [6.45, 7) is 3.76. The number of nitrogens with one attached hydrogen (secondary N) is 1. The molecule has 1 heterocycles. The van der Waals surface area contributed by atoms with Crippen LogP contribution in [0.3, 0.4) is 0 Å². The molecule has 4 rings (SSSR count). The van der Waals surface area contributed by atoms with Crippen molar-refractivity contribution in [3.8, 4) is 0 Å². The first kappa shape index (κ1) is 20.8. The number of amides is 2. The van der Waals surface area contributed by atoms with Gasteiger partial charge in [0.2, 0.25) is 5.91 Å². The largest absolute Gasteiger partial charge is 0.452 e. The van der Waals surface area contributed by atoms with Gasteiger partial charge in [0, 0.05) is 34.8 Å². The average Bonchev–Trinajstić information content (AvgIpc) is 3.47. The van der Waals surface area contributed by atoms with E-state index in [4.69, 9.17) is 9.73 Å². The van der Waals surface area contributed by atoms with Crippen LogP contribution in [0.15, 0.2) is 52.1 Å². The number of carbonyl (C=O) groups is 2. The number of fused-ring (bicyclic) bond motifs is 2. The molecule has 4 atom stereocenters. The van der Waals surface area contributed by atoms with E-state index in [1.807, 2.05) is 32.2 Å². The van der Waals surface area contributed by atoms with E-state index >= 15 is 0 Å². The highest BCUT2D eigenvalue weighted by atomic mass is 79.9. The van der Waals surface area contributed by atoms with Gasteiger partial charge in [-0.05, 0) is 55.4 Å². The maximum atomic E-state index is 13.5. The smallest absolute Gasteiger partial charge is 0.425 e. The van der Waals surface area contributed by atoms with E-state index in [0.717, 1.165) is 28.6 Å². The van der Waals surface area contributed by atoms with Gasteiger partial charge in [-0.25, -0.2) is 15.2 Å². The van der Waals surface area contributed by atoms with Crippen molar-refractivity contribution in [3.63, 3.8) is 0 Å². The number of hydrogen-bond donors (Lipinski definition) is 1. The second-order valence-electron chi connectivity index (χ2n) is 8.36. The lowest BCUT2D eigenvalue weighted by molar-refractivity contribution is -0.142. The maximum absolute atomic E-state index is 13.5. The Morgan fingerprint density at radius 2 is 1.90 bits per heavy atom. The summed E-state index contributed by atoms with van der Waals surface area (Å²) in [5.41, 5.74) is 5.97. The summed E-state index contributed by atoms with van der Waals surface area (Å²) in [6.07, 6.45) is 7.38. The standard InChI is InChI=1S/C23H26BrN3O3/c1-13(2)27(26-23(29)30-3)22(28)21-16-5-4-15(10-16)20(21)19-11-17(12-25-19)14-6-8-18(24)9-7-14/h4-9,12-13,15-16,20-21H,10-11H2,1-3H3,(H,26,29)/t15?,16?,20-,21?/m1/s1. The van der Waals surface area contributed by atoms with E-state index in [1.165, 1.54) is 17.7 Å². The van der Waals surface area contributed by atoms with Crippen molar-refractivity contribution in [1.29, 1.82) is 0 Å². The van der Waals surface area contributed by atoms with Crippen LogP contribution in [0.5, 0.6) is 0 Å². The molecule has 1 aromatic carbocycles. The summed E-state index contributed by atoms with van der Waals surface area (Å²) < 4.78 is 5.75. The van der Waals surface area contributed by atoms with Gasteiger partial charge < -0.3 is 4.74 Å². The highest BCUT2D eigenvalue weighted by Crippen LogP contribution is 2.51. The van der Waals surface area contributed by atoms with Crippen molar-refractivity contribution in [2.75, 3.05) is 7.11 Å². The van der Waals surface area contributed by atoms with E-state index in [-0.39, 0.29) is 29.7 Å². The predicted molar refractivity (Wildman–Crippen MR) is 119 cm³/mol. The first-order chi connectivity index (χ1) is 14.4. The van der Waals surface area contributed by atoms with Gasteiger partial charge in [-0.1, -0.05) is 40.2 Å². The van der Waals surface area contributed by atoms with Gasteiger partial charge in [0.05, 0.1) is 13.0 Å². The predicted octanol–water partition coefficient (Wildman–Crippen LogP) is 4.58. The fourth-order valence-corrected chi connectivity index (χ4v) is 5.11. The summed E-state index contributed by atoms with van der Waals surface area (Å²) in [7, 11) is 1.30. The zero-order valence-corrected chi connectivity index (χ0v) is 18.9. The van der Waals surface area contributed by atoms with Crippen molar-refractivity contribution in [3.05, 3.63) is 52.7 Å². The summed E-state index contributed by atoms with van der Waals surface area (Å²) in [4.78, 5) is 30.1. The second-order valence-corrected chi connectivity index (χ2v) is 9.28. The van der Waals surface area contributed by atoms with Crippen LogP contribution in [0.25, 0.3) is 5.57 Å². The molecule has 0 spiro atoms. The number of halogens is 1. The SMILES string of the molecule is COC(=O)NN(C(=O)C1C2C=CC(C2)[C@@H]1C1=NC=C(c2ccc(Br)cc2)C1)C(C)C. The molecule has 7 heteroatoms. The lowest BCUT2D eigenvalue weighted by Crippen LogP contribution is -2.54. The summed E-state index contributed by atoms with van der Waals surface area (Å²) in [5.74, 6) is 0.241. The summed E-state index contributed by atoms with van der Waals surface area (Å²) in [5, 5.41) is 1.41. The van der Waals surface area contributed by atoms with Gasteiger partial charge in [0.1, 0.15) is 0 Å². The molecule has 1 aromatic rings. The van der Waals surface area contributed by atoms with Crippen LogP contribution in [0.1, 0.15) is 32.3 Å². The lowest BCUT2D eigenvalue weighted by Gasteiger charge is -2.34. The Labute approximate surface area is 185 Å². The highest BCUT2D eigenvalue weighted by molar-refractivity contribution is 9.10. The maximum Gasteiger partial charge on any atom is 0.425 e. The molecule has 1 aliphatic heterocycles. The molecule has 1 N–H and O–H groups in total. The molecule has 30 heavy (non-hydrogen) atoms. The first-order valence-corrected chi connectivity index (χ1v) is 11.1. The molecule has 0 saturated heterocycles. The minimum Gasteiger partial charge on any atom is -0.452 e. The Kier molecular flexibility index (Phi) is 5.82. The minimum absolute atomic E-state index is 0.0531. The third-order valence-corrected chi connectivity index (χ3v) is 6.78. The van der Waals surface area contributed by atoms with Gasteiger partial charge in [-0.3, -0.25) is 9.79 Å². The van der Waals surface area contributed by atoms with E-state index < -0.39 is 6.09 Å². The van der Waals surface area contributed by atoms with E-state index in [1.54, 1.807) is 0 Å². The van der Waals surface area contributed by atoms with E-state index in [2.05, 4.69) is 45.6 Å². The normalized spacial score (nSPS) is 26.6. The quantitative estimate of drug-likeness (QED) is 0.515. The fraction of sp³-hybridized carbons (Fsp3) is 0.435. The first-order valence-electron chi connectivity index (χ1n) is 10.3. The summed E-state index contributed by atoms with van der Waals surface area (Å²) >= 11 is 3.48. The zero-order valence-electron chi connectivity index (χ0n) is 17.3. The number of rotatable bonds is 4. The minimum atomic E-state index is -0.635. The third kappa shape index (κ3) is 3.83.